The Morgan fingerprint density at radius 3 is 0.455 bits per heavy atom. The average molecular weight is 622 g/mol. The van der Waals surface area contributed by atoms with Crippen LogP contribution in [0.1, 0.15) is 159 Å². The van der Waals surface area contributed by atoms with Crippen LogP contribution in [0.4, 0.5) is 0 Å². The molecule has 5 aliphatic rings. The predicted molar refractivity (Wildman–Crippen MR) is 198 cm³/mol. The highest BCUT2D eigenvalue weighted by Crippen LogP contribution is 2.13. The molecule has 5 fully saturated rings. The fourth-order valence-corrected chi connectivity index (χ4v) is 6.77. The van der Waals surface area contributed by atoms with Gasteiger partial charge >= 0.3 is 0 Å². The Morgan fingerprint density at radius 2 is 0.341 bits per heavy atom. The van der Waals surface area contributed by atoms with Crippen molar-refractivity contribution >= 4 is 0 Å². The largest absolute Gasteiger partial charge is 0.301 e. The van der Waals surface area contributed by atoms with Gasteiger partial charge in [0.2, 0.25) is 0 Å². The van der Waals surface area contributed by atoms with Crippen molar-refractivity contribution in [1.82, 2.24) is 24.5 Å². The molecule has 0 aromatic rings. The molecular weight excluding hydrogens is 538 g/mol. The van der Waals surface area contributed by atoms with Gasteiger partial charge in [0.25, 0.3) is 0 Å². The minimum atomic E-state index is 0.762. The van der Waals surface area contributed by atoms with Gasteiger partial charge in [-0.1, -0.05) is 32.1 Å². The molecule has 0 N–H and O–H groups in total. The molecule has 0 aromatic carbocycles. The maximum atomic E-state index is 2.59. The second-order valence-corrected chi connectivity index (χ2v) is 15.6. The molecule has 5 aliphatic heterocycles. The van der Waals surface area contributed by atoms with Gasteiger partial charge < -0.3 is 24.5 Å². The van der Waals surface area contributed by atoms with Gasteiger partial charge in [0, 0.05) is 30.2 Å². The molecule has 5 heteroatoms. The van der Waals surface area contributed by atoms with Crippen LogP contribution in [0, 0.1) is 0 Å². The number of hydrogen-bond donors (Lipinski definition) is 0. The lowest BCUT2D eigenvalue weighted by Crippen LogP contribution is -2.41. The Balaban J connectivity index is 0.000000276. The van der Waals surface area contributed by atoms with Gasteiger partial charge in [-0.15, -0.1) is 0 Å². The van der Waals surface area contributed by atoms with Gasteiger partial charge in [0.1, 0.15) is 0 Å². The van der Waals surface area contributed by atoms with Gasteiger partial charge in [0.05, 0.1) is 0 Å². The van der Waals surface area contributed by atoms with Crippen LogP contribution in [-0.2, 0) is 0 Å². The van der Waals surface area contributed by atoms with Crippen LogP contribution in [-0.4, -0.2) is 120 Å². The zero-order valence-electron chi connectivity index (χ0n) is 32.1. The Morgan fingerprint density at radius 1 is 0.205 bits per heavy atom. The van der Waals surface area contributed by atoms with E-state index in [1.54, 1.807) is 0 Å². The molecule has 0 aliphatic carbocycles. The minimum absolute atomic E-state index is 0.762. The van der Waals surface area contributed by atoms with Gasteiger partial charge in [-0.25, -0.2) is 0 Å². The standard InChI is InChI=1S/C9H19N.3C8H17N.C6H13N/c1-9(2)10-7-5-3-4-6-8-10;3*1-8(2)9-6-4-3-5-7-9;1-6(2)7-4-3-5-7/h9H,3-8H2,1-2H3;3*8H,3-7H2,1-2H3;6H,3-5H2,1-2H3. The van der Waals surface area contributed by atoms with Gasteiger partial charge in [0.15, 0.2) is 0 Å². The summed E-state index contributed by atoms with van der Waals surface area (Å²) in [5, 5.41) is 0. The van der Waals surface area contributed by atoms with Crippen LogP contribution in [0.15, 0.2) is 0 Å². The fourth-order valence-electron chi connectivity index (χ4n) is 6.77. The quantitative estimate of drug-likeness (QED) is 0.304. The van der Waals surface area contributed by atoms with Crippen molar-refractivity contribution in [3.63, 3.8) is 0 Å². The first-order valence-electron chi connectivity index (χ1n) is 19.7. The summed E-state index contributed by atoms with van der Waals surface area (Å²) in [6.07, 6.45) is 20.0. The van der Waals surface area contributed by atoms with Crippen LogP contribution in [0.2, 0.25) is 0 Å². The molecule has 0 amide bonds. The lowest BCUT2D eigenvalue weighted by Gasteiger charge is -2.34. The second-order valence-electron chi connectivity index (χ2n) is 15.6. The molecule has 5 rings (SSSR count). The van der Waals surface area contributed by atoms with Crippen molar-refractivity contribution in [2.45, 2.75) is 189 Å². The van der Waals surface area contributed by atoms with E-state index in [2.05, 4.69) is 93.7 Å². The topological polar surface area (TPSA) is 16.2 Å². The smallest absolute Gasteiger partial charge is 0.00386 e. The van der Waals surface area contributed by atoms with Crippen molar-refractivity contribution in [2.75, 3.05) is 65.4 Å². The lowest BCUT2D eigenvalue weighted by molar-refractivity contribution is 0.138. The highest BCUT2D eigenvalue weighted by molar-refractivity contribution is 4.71. The van der Waals surface area contributed by atoms with Gasteiger partial charge in [-0.05, 0) is 192 Å². The van der Waals surface area contributed by atoms with E-state index >= 15 is 0 Å². The van der Waals surface area contributed by atoms with Crippen molar-refractivity contribution in [1.29, 1.82) is 0 Å². The average Bonchev–Trinajstić information content (AvgIpc) is 3.29. The summed E-state index contributed by atoms with van der Waals surface area (Å²) in [6, 6.07) is 3.85. The van der Waals surface area contributed by atoms with Crippen LogP contribution >= 0.6 is 0 Å². The second kappa shape index (κ2) is 25.8. The van der Waals surface area contributed by atoms with Crippen molar-refractivity contribution in [3.8, 4) is 0 Å². The van der Waals surface area contributed by atoms with Crippen LogP contribution in [0.25, 0.3) is 0 Å². The summed E-state index contributed by atoms with van der Waals surface area (Å²) in [5.74, 6) is 0. The first kappa shape index (κ1) is 41.8. The van der Waals surface area contributed by atoms with Crippen LogP contribution < -0.4 is 0 Å². The monoisotopic (exact) mass is 622 g/mol. The van der Waals surface area contributed by atoms with Gasteiger partial charge in [-0.2, -0.15) is 0 Å². The molecule has 5 saturated heterocycles. The lowest BCUT2D eigenvalue weighted by atomic mass is 10.1. The molecular formula is C39H83N5. The molecule has 264 valence electrons. The zero-order chi connectivity index (χ0) is 32.7. The molecule has 5 nitrogen and oxygen atoms in total. The molecule has 0 saturated carbocycles. The number of rotatable bonds is 5. The summed E-state index contributed by atoms with van der Waals surface area (Å²) in [6.45, 7) is 36.1. The third-order valence-electron chi connectivity index (χ3n) is 10.4. The van der Waals surface area contributed by atoms with E-state index in [9.17, 15) is 0 Å². The number of piperidine rings is 3. The third-order valence-corrected chi connectivity index (χ3v) is 10.4. The van der Waals surface area contributed by atoms with E-state index in [1.165, 1.54) is 155 Å². The minimum Gasteiger partial charge on any atom is -0.301 e. The molecule has 0 spiro atoms. The maximum absolute atomic E-state index is 2.59. The summed E-state index contributed by atoms with van der Waals surface area (Å²) >= 11 is 0. The van der Waals surface area contributed by atoms with Crippen molar-refractivity contribution in [3.05, 3.63) is 0 Å². The molecule has 0 bridgehead atoms. The Labute approximate surface area is 278 Å². The van der Waals surface area contributed by atoms with Crippen LogP contribution in [0.3, 0.4) is 0 Å². The zero-order valence-corrected chi connectivity index (χ0v) is 32.1. The molecule has 0 radical (unpaired) electrons. The maximum Gasteiger partial charge on any atom is 0.00386 e. The molecule has 5 heterocycles. The van der Waals surface area contributed by atoms with E-state index in [-0.39, 0.29) is 0 Å². The molecule has 0 atom stereocenters. The number of hydrogen-bond acceptors (Lipinski definition) is 5. The van der Waals surface area contributed by atoms with Crippen molar-refractivity contribution in [2.24, 2.45) is 0 Å². The Kier molecular flexibility index (Phi) is 24.6. The highest BCUT2D eigenvalue weighted by Gasteiger charge is 2.16. The van der Waals surface area contributed by atoms with E-state index in [0.29, 0.717) is 0 Å². The van der Waals surface area contributed by atoms with Gasteiger partial charge in [-0.3, -0.25) is 0 Å². The van der Waals surface area contributed by atoms with E-state index in [1.807, 2.05) is 0 Å². The number of likely N-dealkylation sites (tertiary alicyclic amines) is 5. The van der Waals surface area contributed by atoms with E-state index in [0.717, 1.165) is 30.2 Å². The third kappa shape index (κ3) is 20.1. The predicted octanol–water partition coefficient (Wildman–Crippen LogP) is 9.01. The fraction of sp³-hybridized carbons (Fsp3) is 1.00. The molecule has 44 heavy (non-hydrogen) atoms. The SMILES string of the molecule is CC(C)N1CCC1.CC(C)N1CCCCC1.CC(C)N1CCCCC1.CC(C)N1CCCCC1.CC(C)N1CCCCCC1. The van der Waals surface area contributed by atoms with Crippen molar-refractivity contribution < 1.29 is 0 Å². The van der Waals surface area contributed by atoms with E-state index < -0.39 is 0 Å². The summed E-state index contributed by atoms with van der Waals surface area (Å²) in [5.41, 5.74) is 0. The van der Waals surface area contributed by atoms with Crippen LogP contribution in [0.5, 0.6) is 0 Å². The molecule has 0 unspecified atom stereocenters. The van der Waals surface area contributed by atoms with E-state index in [4.69, 9.17) is 0 Å². The summed E-state index contributed by atoms with van der Waals surface area (Å²) in [7, 11) is 0. The first-order chi connectivity index (χ1) is 21.0. The normalized spacial score (nSPS) is 23.0. The Bertz CT molecular complexity index is 552. The summed E-state index contributed by atoms with van der Waals surface area (Å²) < 4.78 is 0. The highest BCUT2D eigenvalue weighted by atomic mass is 15.2. The first-order valence-corrected chi connectivity index (χ1v) is 19.7. The Hall–Kier alpha value is -0.200. The molecule has 0 aromatic heterocycles. The summed E-state index contributed by atoms with van der Waals surface area (Å²) in [4.78, 5) is 12.7. The number of nitrogens with zero attached hydrogens (tertiary/aromatic N) is 5.